The van der Waals surface area contributed by atoms with Crippen LogP contribution in [-0.4, -0.2) is 21.3 Å². The van der Waals surface area contributed by atoms with Crippen LogP contribution in [0.2, 0.25) is 0 Å². The van der Waals surface area contributed by atoms with Crippen LogP contribution in [0.1, 0.15) is 13.3 Å². The highest BCUT2D eigenvalue weighted by Crippen LogP contribution is 2.23. The summed E-state index contributed by atoms with van der Waals surface area (Å²) in [6.45, 7) is 3.11. The van der Waals surface area contributed by atoms with Gasteiger partial charge < -0.3 is 5.32 Å². The zero-order valence-electron chi connectivity index (χ0n) is 8.90. The molecule has 0 saturated carbocycles. The molecule has 0 atom stereocenters. The molecule has 0 radical (unpaired) electrons. The molecule has 0 spiro atoms. The van der Waals surface area contributed by atoms with Crippen LogP contribution in [0.5, 0.6) is 0 Å². The summed E-state index contributed by atoms with van der Waals surface area (Å²) in [7, 11) is 1.91. The predicted molar refractivity (Wildman–Crippen MR) is 63.1 cm³/mol. The van der Waals surface area contributed by atoms with Crippen molar-refractivity contribution in [1.29, 1.82) is 0 Å². The average Bonchev–Trinajstić information content (AvgIpc) is 2.83. The molecule has 0 bridgehead atoms. The smallest absolute Gasteiger partial charge is 0.183 e. The van der Waals surface area contributed by atoms with Gasteiger partial charge in [-0.05, 0) is 6.42 Å². The molecule has 5 heteroatoms. The molecule has 0 unspecified atom stereocenters. The molecule has 15 heavy (non-hydrogen) atoms. The Kier molecular flexibility index (Phi) is 3.01. The monoisotopic (exact) mass is 222 g/mol. The van der Waals surface area contributed by atoms with Crippen molar-refractivity contribution in [2.24, 2.45) is 7.05 Å². The van der Waals surface area contributed by atoms with Crippen LogP contribution in [0.4, 0.5) is 5.13 Å². The van der Waals surface area contributed by atoms with Crippen molar-refractivity contribution in [3.63, 3.8) is 0 Å². The number of hydrogen-bond acceptors (Lipinski definition) is 4. The molecule has 0 aliphatic rings. The highest BCUT2D eigenvalue weighted by Gasteiger charge is 2.05. The van der Waals surface area contributed by atoms with E-state index < -0.39 is 0 Å². The molecule has 0 amide bonds. The third-order valence-corrected chi connectivity index (χ3v) is 2.83. The maximum Gasteiger partial charge on any atom is 0.183 e. The van der Waals surface area contributed by atoms with Gasteiger partial charge in [-0.15, -0.1) is 11.3 Å². The van der Waals surface area contributed by atoms with Crippen LogP contribution >= 0.6 is 11.3 Å². The second kappa shape index (κ2) is 4.44. The molecule has 0 aromatic carbocycles. The topological polar surface area (TPSA) is 42.7 Å². The van der Waals surface area contributed by atoms with Crippen molar-refractivity contribution in [2.45, 2.75) is 13.3 Å². The number of thiazole rings is 1. The molecule has 4 nitrogen and oxygen atoms in total. The number of nitrogens with zero attached hydrogens (tertiary/aromatic N) is 3. The van der Waals surface area contributed by atoms with Gasteiger partial charge in [0.25, 0.3) is 0 Å². The van der Waals surface area contributed by atoms with Crippen LogP contribution in [-0.2, 0) is 7.05 Å². The Morgan fingerprint density at radius 1 is 1.53 bits per heavy atom. The SMILES string of the molecule is CCCNc1nc(-c2cnn(C)c2)cs1. The van der Waals surface area contributed by atoms with Gasteiger partial charge in [-0.3, -0.25) is 4.68 Å². The third-order valence-electron chi connectivity index (χ3n) is 2.03. The molecule has 0 aliphatic heterocycles. The highest BCUT2D eigenvalue weighted by atomic mass is 32.1. The molecule has 2 aromatic rings. The second-order valence-electron chi connectivity index (χ2n) is 3.37. The Morgan fingerprint density at radius 2 is 2.40 bits per heavy atom. The fraction of sp³-hybridized carbons (Fsp3) is 0.400. The normalized spacial score (nSPS) is 10.5. The summed E-state index contributed by atoms with van der Waals surface area (Å²) in [4.78, 5) is 4.49. The lowest BCUT2D eigenvalue weighted by molar-refractivity contribution is 0.768. The number of hydrogen-bond donors (Lipinski definition) is 1. The van der Waals surface area contributed by atoms with Crippen molar-refractivity contribution in [2.75, 3.05) is 11.9 Å². The van der Waals surface area contributed by atoms with Crippen LogP contribution in [0, 0.1) is 0 Å². The van der Waals surface area contributed by atoms with Gasteiger partial charge >= 0.3 is 0 Å². The largest absolute Gasteiger partial charge is 0.362 e. The van der Waals surface area contributed by atoms with E-state index in [-0.39, 0.29) is 0 Å². The van der Waals surface area contributed by atoms with Crippen LogP contribution in [0.3, 0.4) is 0 Å². The Balaban J connectivity index is 2.13. The molecule has 0 fully saturated rings. The average molecular weight is 222 g/mol. The minimum Gasteiger partial charge on any atom is -0.362 e. The molecule has 0 saturated heterocycles. The Labute approximate surface area is 93.0 Å². The van der Waals surface area contributed by atoms with Crippen molar-refractivity contribution in [3.05, 3.63) is 17.8 Å². The Morgan fingerprint density at radius 3 is 3.07 bits per heavy atom. The zero-order valence-corrected chi connectivity index (χ0v) is 9.71. The van der Waals surface area contributed by atoms with E-state index in [1.807, 2.05) is 19.4 Å². The number of nitrogens with one attached hydrogen (secondary N) is 1. The summed E-state index contributed by atoms with van der Waals surface area (Å²) in [5, 5.41) is 10.4. The molecule has 1 N–H and O–H groups in total. The summed E-state index contributed by atoms with van der Waals surface area (Å²) < 4.78 is 1.79. The van der Waals surface area contributed by atoms with E-state index in [0.717, 1.165) is 29.4 Å². The minimum atomic E-state index is 0.972. The van der Waals surface area contributed by atoms with E-state index >= 15 is 0 Å². The van der Waals surface area contributed by atoms with Gasteiger partial charge in [-0.25, -0.2) is 4.98 Å². The summed E-state index contributed by atoms with van der Waals surface area (Å²) in [5.41, 5.74) is 2.06. The van der Waals surface area contributed by atoms with E-state index in [4.69, 9.17) is 0 Å². The quantitative estimate of drug-likeness (QED) is 0.863. The summed E-state index contributed by atoms with van der Waals surface area (Å²) in [5.74, 6) is 0. The molecule has 2 rings (SSSR count). The molecule has 2 heterocycles. The van der Waals surface area contributed by atoms with Gasteiger partial charge in [-0.2, -0.15) is 5.10 Å². The van der Waals surface area contributed by atoms with Gasteiger partial charge in [0.2, 0.25) is 0 Å². The number of anilines is 1. The van der Waals surface area contributed by atoms with Crippen LogP contribution < -0.4 is 5.32 Å². The summed E-state index contributed by atoms with van der Waals surface area (Å²) in [6.07, 6.45) is 4.92. The minimum absolute atomic E-state index is 0.972. The highest BCUT2D eigenvalue weighted by molar-refractivity contribution is 7.14. The Bertz CT molecular complexity index is 432. The van der Waals surface area contributed by atoms with Gasteiger partial charge in [0, 0.05) is 30.7 Å². The van der Waals surface area contributed by atoms with Crippen LogP contribution in [0.15, 0.2) is 17.8 Å². The first kappa shape index (κ1) is 10.2. The molecule has 80 valence electrons. The van der Waals surface area contributed by atoms with E-state index in [1.54, 1.807) is 16.0 Å². The van der Waals surface area contributed by atoms with Gasteiger partial charge in [0.05, 0.1) is 11.9 Å². The van der Waals surface area contributed by atoms with E-state index in [9.17, 15) is 0 Å². The fourth-order valence-electron chi connectivity index (χ4n) is 1.27. The van der Waals surface area contributed by atoms with Crippen LogP contribution in [0.25, 0.3) is 11.3 Å². The van der Waals surface area contributed by atoms with E-state index in [0.29, 0.717) is 0 Å². The third kappa shape index (κ3) is 2.36. The molecule has 2 aromatic heterocycles. The lowest BCUT2D eigenvalue weighted by Crippen LogP contribution is -1.98. The zero-order chi connectivity index (χ0) is 10.7. The standard InChI is InChI=1S/C10H14N4S/c1-3-4-11-10-13-9(7-15-10)8-5-12-14(2)6-8/h5-7H,3-4H2,1-2H3,(H,11,13). The van der Waals surface area contributed by atoms with E-state index in [2.05, 4.69) is 27.7 Å². The summed E-state index contributed by atoms with van der Waals surface area (Å²) in [6, 6.07) is 0. The first-order valence-electron chi connectivity index (χ1n) is 4.98. The molecular formula is C10H14N4S. The van der Waals surface area contributed by atoms with Crippen molar-refractivity contribution in [3.8, 4) is 11.3 Å². The van der Waals surface area contributed by atoms with Crippen molar-refractivity contribution < 1.29 is 0 Å². The second-order valence-corrected chi connectivity index (χ2v) is 4.23. The lowest BCUT2D eigenvalue weighted by Gasteiger charge is -1.96. The Hall–Kier alpha value is -1.36. The summed E-state index contributed by atoms with van der Waals surface area (Å²) >= 11 is 1.63. The maximum absolute atomic E-state index is 4.49. The maximum atomic E-state index is 4.49. The number of rotatable bonds is 4. The first-order valence-corrected chi connectivity index (χ1v) is 5.86. The van der Waals surface area contributed by atoms with Gasteiger partial charge in [0.15, 0.2) is 5.13 Å². The van der Waals surface area contributed by atoms with E-state index in [1.165, 1.54) is 0 Å². The lowest BCUT2D eigenvalue weighted by atomic mass is 10.3. The van der Waals surface area contributed by atoms with Crippen molar-refractivity contribution in [1.82, 2.24) is 14.8 Å². The predicted octanol–water partition coefficient (Wildman–Crippen LogP) is 2.37. The van der Waals surface area contributed by atoms with Gasteiger partial charge in [0.1, 0.15) is 0 Å². The fourth-order valence-corrected chi connectivity index (χ4v) is 2.02. The number of aryl methyl sites for hydroxylation is 1. The number of aromatic nitrogens is 3. The molecule has 0 aliphatic carbocycles. The first-order chi connectivity index (χ1) is 7.29. The molecular weight excluding hydrogens is 208 g/mol. The van der Waals surface area contributed by atoms with Crippen molar-refractivity contribution >= 4 is 16.5 Å². The van der Waals surface area contributed by atoms with Gasteiger partial charge in [-0.1, -0.05) is 6.92 Å².